The molecule has 0 fully saturated rings. The standard InChI is InChI=1S/C13H9N3O4/c1-8-6-7-11(19-8)13-15-14-12(20-13)9-4-2-3-5-10(9)16(17)18/h2-7H,1H3. The van der Waals surface area contributed by atoms with E-state index >= 15 is 0 Å². The number of hydrogen-bond acceptors (Lipinski definition) is 6. The number of nitro benzene ring substituents is 1. The Morgan fingerprint density at radius 3 is 2.50 bits per heavy atom. The Labute approximate surface area is 113 Å². The van der Waals surface area contributed by atoms with Crippen molar-refractivity contribution in [2.75, 3.05) is 0 Å². The molecule has 0 spiro atoms. The molecule has 2 heterocycles. The fourth-order valence-electron chi connectivity index (χ4n) is 1.79. The maximum Gasteiger partial charge on any atom is 0.283 e. The number of furan rings is 1. The van der Waals surface area contributed by atoms with Crippen molar-refractivity contribution in [1.82, 2.24) is 10.2 Å². The van der Waals surface area contributed by atoms with Gasteiger partial charge in [-0.1, -0.05) is 12.1 Å². The average Bonchev–Trinajstić information content (AvgIpc) is 3.07. The second-order valence-electron chi connectivity index (χ2n) is 4.10. The minimum Gasteiger partial charge on any atom is -0.456 e. The summed E-state index contributed by atoms with van der Waals surface area (Å²) in [5.74, 6) is 1.41. The van der Waals surface area contributed by atoms with Crippen LogP contribution in [0.25, 0.3) is 23.1 Å². The van der Waals surface area contributed by atoms with Crippen LogP contribution in [0.15, 0.2) is 45.2 Å². The molecule has 3 rings (SSSR count). The van der Waals surface area contributed by atoms with E-state index < -0.39 is 4.92 Å². The molecule has 0 saturated heterocycles. The number of nitro groups is 1. The molecule has 0 saturated carbocycles. The fraction of sp³-hybridized carbons (Fsp3) is 0.0769. The summed E-state index contributed by atoms with van der Waals surface area (Å²) in [7, 11) is 0. The minimum absolute atomic E-state index is 0.0846. The normalized spacial score (nSPS) is 10.7. The molecule has 0 bridgehead atoms. The lowest BCUT2D eigenvalue weighted by atomic mass is 10.2. The molecule has 0 aliphatic carbocycles. The molecular formula is C13H9N3O4. The van der Waals surface area contributed by atoms with Crippen LogP contribution >= 0.6 is 0 Å². The second-order valence-corrected chi connectivity index (χ2v) is 4.10. The molecule has 2 aromatic heterocycles. The van der Waals surface area contributed by atoms with Gasteiger partial charge in [0.2, 0.25) is 0 Å². The quantitative estimate of drug-likeness (QED) is 0.536. The van der Waals surface area contributed by atoms with Crippen molar-refractivity contribution in [1.29, 1.82) is 0 Å². The van der Waals surface area contributed by atoms with Gasteiger partial charge < -0.3 is 8.83 Å². The van der Waals surface area contributed by atoms with Gasteiger partial charge in [0.15, 0.2) is 5.76 Å². The first-order valence-corrected chi connectivity index (χ1v) is 5.79. The summed E-state index contributed by atoms with van der Waals surface area (Å²) in [5.41, 5.74) is 0.192. The van der Waals surface area contributed by atoms with Gasteiger partial charge in [0.05, 0.1) is 4.92 Å². The third-order valence-electron chi connectivity index (χ3n) is 2.71. The SMILES string of the molecule is Cc1ccc(-c2nnc(-c3ccccc3[N+](=O)[O-])o2)o1. The number of aromatic nitrogens is 2. The largest absolute Gasteiger partial charge is 0.456 e. The maximum atomic E-state index is 11.0. The van der Waals surface area contributed by atoms with Gasteiger partial charge in [-0.15, -0.1) is 10.2 Å². The highest BCUT2D eigenvalue weighted by Crippen LogP contribution is 2.30. The van der Waals surface area contributed by atoms with Crippen molar-refractivity contribution >= 4 is 5.69 Å². The third kappa shape index (κ3) is 2.05. The van der Waals surface area contributed by atoms with E-state index in [4.69, 9.17) is 8.83 Å². The molecule has 7 nitrogen and oxygen atoms in total. The summed E-state index contributed by atoms with van der Waals surface area (Å²) in [5, 5.41) is 18.6. The first-order chi connectivity index (χ1) is 9.65. The Bertz CT molecular complexity index is 775. The zero-order valence-electron chi connectivity index (χ0n) is 10.4. The maximum absolute atomic E-state index is 11.0. The molecule has 0 amide bonds. The van der Waals surface area contributed by atoms with Crippen molar-refractivity contribution in [2.24, 2.45) is 0 Å². The molecule has 0 atom stereocenters. The highest BCUT2D eigenvalue weighted by molar-refractivity contribution is 5.67. The predicted molar refractivity (Wildman–Crippen MR) is 68.8 cm³/mol. The van der Waals surface area contributed by atoms with Crippen molar-refractivity contribution in [2.45, 2.75) is 6.92 Å². The number of nitrogens with zero attached hydrogens (tertiary/aromatic N) is 3. The first kappa shape index (κ1) is 12.1. The van der Waals surface area contributed by atoms with Crippen LogP contribution in [0.1, 0.15) is 5.76 Å². The molecule has 7 heteroatoms. The van der Waals surface area contributed by atoms with Gasteiger partial charge in [-0.2, -0.15) is 0 Å². The van der Waals surface area contributed by atoms with Gasteiger partial charge in [-0.25, -0.2) is 0 Å². The Hall–Kier alpha value is -2.96. The van der Waals surface area contributed by atoms with Gasteiger partial charge in [-0.05, 0) is 25.1 Å². The molecule has 0 unspecified atom stereocenters. The molecule has 0 N–H and O–H groups in total. The molecule has 0 aliphatic heterocycles. The molecule has 3 aromatic rings. The van der Waals surface area contributed by atoms with Crippen LogP contribution < -0.4 is 0 Å². The zero-order valence-corrected chi connectivity index (χ0v) is 10.4. The molecule has 100 valence electrons. The lowest BCUT2D eigenvalue weighted by Gasteiger charge is -1.96. The second kappa shape index (κ2) is 4.61. The van der Waals surface area contributed by atoms with E-state index in [0.29, 0.717) is 11.5 Å². The molecular weight excluding hydrogens is 262 g/mol. The molecule has 1 aromatic carbocycles. The number of rotatable bonds is 3. The van der Waals surface area contributed by atoms with Crippen LogP contribution in [0.2, 0.25) is 0 Å². The lowest BCUT2D eigenvalue weighted by Crippen LogP contribution is -1.91. The van der Waals surface area contributed by atoms with Crippen LogP contribution in [0, 0.1) is 17.0 Å². The highest BCUT2D eigenvalue weighted by Gasteiger charge is 2.20. The van der Waals surface area contributed by atoms with Crippen molar-refractivity contribution < 1.29 is 13.8 Å². The van der Waals surface area contributed by atoms with Crippen molar-refractivity contribution in [3.63, 3.8) is 0 Å². The van der Waals surface area contributed by atoms with Crippen LogP contribution in [-0.4, -0.2) is 15.1 Å². The summed E-state index contributed by atoms with van der Waals surface area (Å²) in [6.45, 7) is 1.79. The van der Waals surface area contributed by atoms with Crippen molar-refractivity contribution in [3.05, 3.63) is 52.3 Å². The Kier molecular flexibility index (Phi) is 2.79. The molecule has 20 heavy (non-hydrogen) atoms. The van der Waals surface area contributed by atoms with E-state index in [-0.39, 0.29) is 23.0 Å². The van der Waals surface area contributed by atoms with E-state index in [2.05, 4.69) is 10.2 Å². The monoisotopic (exact) mass is 271 g/mol. The van der Waals surface area contributed by atoms with E-state index in [0.717, 1.165) is 0 Å². The Balaban J connectivity index is 2.05. The molecule has 0 aliphatic rings. The van der Waals surface area contributed by atoms with Crippen molar-refractivity contribution in [3.8, 4) is 23.1 Å². The fourth-order valence-corrected chi connectivity index (χ4v) is 1.79. The van der Waals surface area contributed by atoms with E-state index in [1.165, 1.54) is 6.07 Å². The van der Waals surface area contributed by atoms with Crippen LogP contribution in [0.3, 0.4) is 0 Å². The summed E-state index contributed by atoms with van der Waals surface area (Å²) in [6.07, 6.45) is 0. The smallest absolute Gasteiger partial charge is 0.283 e. The van der Waals surface area contributed by atoms with E-state index in [1.807, 2.05) is 0 Å². The predicted octanol–water partition coefficient (Wildman–Crippen LogP) is 3.21. The minimum atomic E-state index is -0.490. The number of benzene rings is 1. The van der Waals surface area contributed by atoms with E-state index in [1.54, 1.807) is 37.3 Å². The third-order valence-corrected chi connectivity index (χ3v) is 2.71. The van der Waals surface area contributed by atoms with Crippen LogP contribution in [-0.2, 0) is 0 Å². The van der Waals surface area contributed by atoms with Gasteiger partial charge in [0.25, 0.3) is 17.5 Å². The topological polar surface area (TPSA) is 95.2 Å². The summed E-state index contributed by atoms with van der Waals surface area (Å²) in [4.78, 5) is 10.5. The number of aryl methyl sites for hydroxylation is 1. The molecule has 0 radical (unpaired) electrons. The van der Waals surface area contributed by atoms with E-state index in [9.17, 15) is 10.1 Å². The number of hydrogen-bond donors (Lipinski definition) is 0. The van der Waals surface area contributed by atoms with Crippen LogP contribution in [0.5, 0.6) is 0 Å². The average molecular weight is 271 g/mol. The summed E-state index contributed by atoms with van der Waals surface area (Å²) >= 11 is 0. The van der Waals surface area contributed by atoms with Gasteiger partial charge >= 0.3 is 0 Å². The Morgan fingerprint density at radius 1 is 1.05 bits per heavy atom. The lowest BCUT2D eigenvalue weighted by molar-refractivity contribution is -0.384. The number of para-hydroxylation sites is 1. The van der Waals surface area contributed by atoms with Gasteiger partial charge in [0, 0.05) is 6.07 Å². The first-order valence-electron chi connectivity index (χ1n) is 5.79. The van der Waals surface area contributed by atoms with Gasteiger partial charge in [-0.3, -0.25) is 10.1 Å². The summed E-state index contributed by atoms with van der Waals surface area (Å²) in [6, 6.07) is 9.66. The highest BCUT2D eigenvalue weighted by atomic mass is 16.6. The summed E-state index contributed by atoms with van der Waals surface area (Å²) < 4.78 is 10.8. The van der Waals surface area contributed by atoms with Gasteiger partial charge in [0.1, 0.15) is 11.3 Å². The Morgan fingerprint density at radius 2 is 1.80 bits per heavy atom. The zero-order chi connectivity index (χ0) is 14.1. The van der Waals surface area contributed by atoms with Crippen LogP contribution in [0.4, 0.5) is 5.69 Å².